The van der Waals surface area contributed by atoms with Crippen molar-refractivity contribution in [1.29, 1.82) is 0 Å². The van der Waals surface area contributed by atoms with Crippen LogP contribution >= 0.6 is 11.6 Å². The molecule has 0 aliphatic carbocycles. The van der Waals surface area contributed by atoms with Crippen molar-refractivity contribution in [2.75, 3.05) is 6.54 Å². The number of nitrogens with zero attached hydrogens (tertiary/aromatic N) is 1. The second kappa shape index (κ2) is 6.29. The van der Waals surface area contributed by atoms with Crippen LogP contribution in [-0.4, -0.2) is 17.4 Å². The summed E-state index contributed by atoms with van der Waals surface area (Å²) in [7, 11) is 0. The van der Waals surface area contributed by atoms with Gasteiger partial charge in [0, 0.05) is 17.8 Å². The average Bonchev–Trinajstić information content (AvgIpc) is 2.41. The quantitative estimate of drug-likeness (QED) is 0.934. The van der Waals surface area contributed by atoms with Gasteiger partial charge in [-0.15, -0.1) is 0 Å². The van der Waals surface area contributed by atoms with E-state index in [1.807, 2.05) is 12.1 Å². The van der Waals surface area contributed by atoms with E-state index in [1.54, 1.807) is 12.1 Å². The molecule has 5 heteroatoms. The Morgan fingerprint density at radius 3 is 2.68 bits per heavy atom. The number of carbonyl (C=O) groups is 1. The lowest BCUT2D eigenvalue weighted by atomic mass is 10.1. The molecule has 19 heavy (non-hydrogen) atoms. The SMILES string of the molecule is O=C(NCCc1ccc(Cl)cc1)c1ccncc1F. The molecule has 1 amide bonds. The highest BCUT2D eigenvalue weighted by Crippen LogP contribution is 2.09. The lowest BCUT2D eigenvalue weighted by Gasteiger charge is -2.06. The van der Waals surface area contributed by atoms with Crippen molar-refractivity contribution in [2.24, 2.45) is 0 Å². The summed E-state index contributed by atoms with van der Waals surface area (Å²) in [6.45, 7) is 0.433. The molecule has 1 heterocycles. The maximum absolute atomic E-state index is 13.3. The molecular formula is C14H12ClFN2O. The highest BCUT2D eigenvalue weighted by atomic mass is 35.5. The Balaban J connectivity index is 1.88. The van der Waals surface area contributed by atoms with E-state index in [9.17, 15) is 9.18 Å². The topological polar surface area (TPSA) is 42.0 Å². The number of carbonyl (C=O) groups excluding carboxylic acids is 1. The van der Waals surface area contributed by atoms with Crippen LogP contribution in [-0.2, 0) is 6.42 Å². The zero-order valence-corrected chi connectivity index (χ0v) is 10.8. The molecule has 0 fully saturated rings. The Bertz CT molecular complexity index is 572. The van der Waals surface area contributed by atoms with Gasteiger partial charge in [-0.25, -0.2) is 4.39 Å². The minimum absolute atomic E-state index is 0.00565. The maximum Gasteiger partial charge on any atom is 0.254 e. The molecular weight excluding hydrogens is 267 g/mol. The third kappa shape index (κ3) is 3.76. The molecule has 1 aromatic heterocycles. The molecule has 2 rings (SSSR count). The van der Waals surface area contributed by atoms with Gasteiger partial charge in [-0.05, 0) is 30.2 Å². The number of aromatic nitrogens is 1. The molecule has 0 aliphatic rings. The number of halogens is 2. The second-order valence-electron chi connectivity index (χ2n) is 3.99. The number of hydrogen-bond acceptors (Lipinski definition) is 2. The summed E-state index contributed by atoms with van der Waals surface area (Å²) in [5, 5.41) is 3.34. The van der Waals surface area contributed by atoms with Crippen LogP contribution in [0.5, 0.6) is 0 Å². The Hall–Kier alpha value is -1.94. The third-order valence-electron chi connectivity index (χ3n) is 2.63. The summed E-state index contributed by atoms with van der Waals surface area (Å²) < 4.78 is 13.3. The molecule has 0 atom stereocenters. The molecule has 3 nitrogen and oxygen atoms in total. The lowest BCUT2D eigenvalue weighted by molar-refractivity contribution is 0.0950. The molecule has 98 valence electrons. The predicted octanol–water partition coefficient (Wildman–Crippen LogP) is 2.85. The number of amides is 1. The normalized spacial score (nSPS) is 10.2. The monoisotopic (exact) mass is 278 g/mol. The van der Waals surface area contributed by atoms with E-state index in [0.717, 1.165) is 11.8 Å². The fraction of sp³-hybridized carbons (Fsp3) is 0.143. The Morgan fingerprint density at radius 2 is 2.00 bits per heavy atom. The summed E-state index contributed by atoms with van der Waals surface area (Å²) in [6.07, 6.45) is 3.07. The number of pyridine rings is 1. The fourth-order valence-corrected chi connectivity index (χ4v) is 1.75. The number of benzene rings is 1. The minimum Gasteiger partial charge on any atom is -0.352 e. The van der Waals surface area contributed by atoms with Crippen molar-refractivity contribution in [3.05, 3.63) is 64.7 Å². The van der Waals surface area contributed by atoms with E-state index in [0.29, 0.717) is 18.0 Å². The first-order chi connectivity index (χ1) is 9.16. The fourth-order valence-electron chi connectivity index (χ4n) is 1.63. The Morgan fingerprint density at radius 1 is 1.26 bits per heavy atom. The van der Waals surface area contributed by atoms with Crippen LogP contribution in [0.2, 0.25) is 5.02 Å². The average molecular weight is 279 g/mol. The number of hydrogen-bond donors (Lipinski definition) is 1. The van der Waals surface area contributed by atoms with Crippen molar-refractivity contribution < 1.29 is 9.18 Å². The first kappa shape index (κ1) is 13.5. The van der Waals surface area contributed by atoms with E-state index in [4.69, 9.17) is 11.6 Å². The Kier molecular flexibility index (Phi) is 4.47. The molecule has 0 saturated heterocycles. The first-order valence-corrected chi connectivity index (χ1v) is 6.17. The van der Waals surface area contributed by atoms with Crippen LogP contribution < -0.4 is 5.32 Å². The zero-order chi connectivity index (χ0) is 13.7. The van der Waals surface area contributed by atoms with Crippen LogP contribution in [0.3, 0.4) is 0 Å². The second-order valence-corrected chi connectivity index (χ2v) is 4.42. The highest BCUT2D eigenvalue weighted by Gasteiger charge is 2.10. The minimum atomic E-state index is -0.619. The summed E-state index contributed by atoms with van der Waals surface area (Å²) in [6, 6.07) is 8.72. The van der Waals surface area contributed by atoms with E-state index < -0.39 is 11.7 Å². The van der Waals surface area contributed by atoms with Crippen molar-refractivity contribution in [3.8, 4) is 0 Å². The molecule has 1 N–H and O–H groups in total. The van der Waals surface area contributed by atoms with Gasteiger partial charge in [0.05, 0.1) is 11.8 Å². The van der Waals surface area contributed by atoms with E-state index in [2.05, 4.69) is 10.3 Å². The molecule has 0 spiro atoms. The first-order valence-electron chi connectivity index (χ1n) is 5.79. The van der Waals surface area contributed by atoms with Crippen LogP contribution in [0.25, 0.3) is 0 Å². The maximum atomic E-state index is 13.3. The van der Waals surface area contributed by atoms with Gasteiger partial charge in [0.2, 0.25) is 0 Å². The van der Waals surface area contributed by atoms with Crippen molar-refractivity contribution in [2.45, 2.75) is 6.42 Å². The predicted molar refractivity (Wildman–Crippen MR) is 71.7 cm³/mol. The van der Waals surface area contributed by atoms with Crippen LogP contribution in [0, 0.1) is 5.82 Å². The Labute approximate surface area is 115 Å². The summed E-state index contributed by atoms with van der Waals surface area (Å²) in [4.78, 5) is 15.3. The van der Waals surface area contributed by atoms with Crippen molar-refractivity contribution >= 4 is 17.5 Å². The smallest absolute Gasteiger partial charge is 0.254 e. The van der Waals surface area contributed by atoms with E-state index >= 15 is 0 Å². The molecule has 2 aromatic rings. The molecule has 0 aliphatic heterocycles. The third-order valence-corrected chi connectivity index (χ3v) is 2.88. The molecule has 0 saturated carbocycles. The van der Waals surface area contributed by atoms with Gasteiger partial charge in [-0.3, -0.25) is 9.78 Å². The van der Waals surface area contributed by atoms with Crippen LogP contribution in [0.15, 0.2) is 42.7 Å². The largest absolute Gasteiger partial charge is 0.352 e. The van der Waals surface area contributed by atoms with Gasteiger partial charge >= 0.3 is 0 Å². The van der Waals surface area contributed by atoms with Gasteiger partial charge in [0.15, 0.2) is 5.82 Å². The summed E-state index contributed by atoms with van der Waals surface area (Å²) in [5.74, 6) is -1.06. The summed E-state index contributed by atoms with van der Waals surface area (Å²) in [5.41, 5.74) is 1.06. The summed E-state index contributed by atoms with van der Waals surface area (Å²) >= 11 is 5.78. The van der Waals surface area contributed by atoms with E-state index in [1.165, 1.54) is 12.3 Å². The van der Waals surface area contributed by atoms with Gasteiger partial charge in [-0.1, -0.05) is 23.7 Å². The lowest BCUT2D eigenvalue weighted by Crippen LogP contribution is -2.26. The van der Waals surface area contributed by atoms with E-state index in [-0.39, 0.29) is 5.56 Å². The van der Waals surface area contributed by atoms with Crippen LogP contribution in [0.4, 0.5) is 4.39 Å². The molecule has 1 aromatic carbocycles. The number of nitrogens with one attached hydrogen (secondary N) is 1. The van der Waals surface area contributed by atoms with Gasteiger partial charge in [0.1, 0.15) is 0 Å². The van der Waals surface area contributed by atoms with Gasteiger partial charge < -0.3 is 5.32 Å². The van der Waals surface area contributed by atoms with Gasteiger partial charge in [-0.2, -0.15) is 0 Å². The van der Waals surface area contributed by atoms with Crippen LogP contribution in [0.1, 0.15) is 15.9 Å². The molecule has 0 bridgehead atoms. The van der Waals surface area contributed by atoms with Gasteiger partial charge in [0.25, 0.3) is 5.91 Å². The molecule has 0 unspecified atom stereocenters. The van der Waals surface area contributed by atoms with Crippen molar-refractivity contribution in [3.63, 3.8) is 0 Å². The molecule has 0 radical (unpaired) electrons. The number of rotatable bonds is 4. The zero-order valence-electron chi connectivity index (χ0n) is 10.1. The standard InChI is InChI=1S/C14H12ClFN2O/c15-11-3-1-10(2-4-11)5-8-18-14(19)12-6-7-17-9-13(12)16/h1-4,6-7,9H,5,8H2,(H,18,19). The van der Waals surface area contributed by atoms with Crippen molar-refractivity contribution in [1.82, 2.24) is 10.3 Å². The highest BCUT2D eigenvalue weighted by molar-refractivity contribution is 6.30.